The second kappa shape index (κ2) is 11.0. The highest BCUT2D eigenvalue weighted by molar-refractivity contribution is 6.30. The molecule has 1 atom stereocenters. The third-order valence-corrected chi connectivity index (χ3v) is 6.16. The second-order valence-corrected chi connectivity index (χ2v) is 8.60. The van der Waals surface area contributed by atoms with Crippen molar-refractivity contribution in [2.75, 3.05) is 19.6 Å². The van der Waals surface area contributed by atoms with E-state index in [-0.39, 0.29) is 11.9 Å². The number of hydrogen-bond acceptors (Lipinski definition) is 4. The lowest BCUT2D eigenvalue weighted by Gasteiger charge is -2.25. The smallest absolute Gasteiger partial charge is 0.228 e. The summed E-state index contributed by atoms with van der Waals surface area (Å²) in [4.78, 5) is 19.0. The number of nitrogens with one attached hydrogen (secondary N) is 1. The molecule has 0 aromatic heterocycles. The van der Waals surface area contributed by atoms with E-state index in [1.807, 2.05) is 53.6 Å². The van der Waals surface area contributed by atoms with Crippen LogP contribution >= 0.6 is 11.6 Å². The van der Waals surface area contributed by atoms with Crippen LogP contribution in [-0.4, -0.2) is 53.2 Å². The summed E-state index contributed by atoms with van der Waals surface area (Å²) in [7, 11) is 0. The highest BCUT2D eigenvalue weighted by Crippen LogP contribution is 2.24. The molecule has 0 aliphatic carbocycles. The standard InChI is InChI=1S/C25H27ClN6O/c26-21-13-11-20(12-14-21)24-22(31-16-6-10-23(31)33)17-32(30-24)25(29-18-27)28-15-5-4-9-19-7-2-1-3-8-19/h1-3,7-8,11-14,22H,4-6,9-10,15-17H2,(H,28,29). The molecule has 170 valence electrons. The maximum absolute atomic E-state index is 12.5. The van der Waals surface area contributed by atoms with E-state index in [0.29, 0.717) is 37.0 Å². The summed E-state index contributed by atoms with van der Waals surface area (Å²) < 4.78 is 0. The average Bonchev–Trinajstić information content (AvgIpc) is 3.45. The Morgan fingerprint density at radius 1 is 1.18 bits per heavy atom. The van der Waals surface area contributed by atoms with Crippen LogP contribution < -0.4 is 5.32 Å². The zero-order valence-electron chi connectivity index (χ0n) is 18.5. The van der Waals surface area contributed by atoms with Gasteiger partial charge in [-0.2, -0.15) is 10.4 Å². The number of unbranched alkanes of at least 4 members (excludes halogenated alkanes) is 1. The number of benzene rings is 2. The maximum Gasteiger partial charge on any atom is 0.228 e. The molecule has 0 spiro atoms. The minimum Gasteiger partial charge on any atom is -0.332 e. The maximum atomic E-state index is 12.5. The molecule has 0 radical (unpaired) electrons. The molecule has 1 amide bonds. The third-order valence-electron chi connectivity index (χ3n) is 5.91. The molecule has 2 aromatic rings. The summed E-state index contributed by atoms with van der Waals surface area (Å²) in [6.45, 7) is 1.76. The number of carbonyl (C=O) groups is 1. The first-order valence-corrected chi connectivity index (χ1v) is 11.7. The third kappa shape index (κ3) is 5.71. The zero-order chi connectivity index (χ0) is 23.0. The van der Waals surface area contributed by atoms with Gasteiger partial charge in [-0.15, -0.1) is 0 Å². The first kappa shape index (κ1) is 22.8. The largest absolute Gasteiger partial charge is 0.332 e. The number of rotatable bonds is 7. The highest BCUT2D eigenvalue weighted by atomic mass is 35.5. The molecule has 2 aromatic carbocycles. The molecule has 2 aliphatic rings. The molecule has 1 saturated heterocycles. The van der Waals surface area contributed by atoms with Crippen molar-refractivity contribution in [1.29, 1.82) is 5.26 Å². The molecule has 8 heteroatoms. The van der Waals surface area contributed by atoms with E-state index in [0.717, 1.165) is 37.0 Å². The Balaban J connectivity index is 1.48. The van der Waals surface area contributed by atoms with Crippen molar-refractivity contribution in [2.24, 2.45) is 10.1 Å². The van der Waals surface area contributed by atoms with E-state index >= 15 is 0 Å². The van der Waals surface area contributed by atoms with Gasteiger partial charge in [0.2, 0.25) is 11.9 Å². The normalized spacial score (nSPS) is 18.4. The van der Waals surface area contributed by atoms with Gasteiger partial charge in [0.1, 0.15) is 0 Å². The van der Waals surface area contributed by atoms with Crippen LogP contribution in [0.3, 0.4) is 0 Å². The SMILES string of the molecule is N#CNC(=NCCCCc1ccccc1)N1CC(N2CCCC2=O)C(c2ccc(Cl)cc2)=N1. The molecule has 1 unspecified atom stereocenters. The van der Waals surface area contributed by atoms with E-state index in [4.69, 9.17) is 16.7 Å². The minimum atomic E-state index is -0.190. The van der Waals surface area contributed by atoms with Crippen LogP contribution in [0, 0.1) is 11.5 Å². The van der Waals surface area contributed by atoms with Gasteiger partial charge in [0.05, 0.1) is 18.3 Å². The number of aliphatic imine (C=N–C) groups is 1. The Hall–Kier alpha value is -3.37. The van der Waals surface area contributed by atoms with Crippen LogP contribution in [0.15, 0.2) is 64.7 Å². The number of nitrogens with zero attached hydrogens (tertiary/aromatic N) is 5. The fourth-order valence-corrected chi connectivity index (χ4v) is 4.37. The van der Waals surface area contributed by atoms with Gasteiger partial charge in [-0.3, -0.25) is 15.1 Å². The van der Waals surface area contributed by atoms with Gasteiger partial charge < -0.3 is 4.90 Å². The van der Waals surface area contributed by atoms with Gasteiger partial charge in [0.15, 0.2) is 6.19 Å². The molecule has 2 heterocycles. The average molecular weight is 463 g/mol. The van der Waals surface area contributed by atoms with E-state index in [2.05, 4.69) is 22.4 Å². The molecule has 33 heavy (non-hydrogen) atoms. The number of nitriles is 1. The van der Waals surface area contributed by atoms with Crippen molar-refractivity contribution in [3.63, 3.8) is 0 Å². The number of guanidine groups is 1. The monoisotopic (exact) mass is 462 g/mol. The van der Waals surface area contributed by atoms with Crippen LogP contribution in [0.1, 0.15) is 36.8 Å². The van der Waals surface area contributed by atoms with Crippen molar-refractivity contribution in [3.8, 4) is 6.19 Å². The van der Waals surface area contributed by atoms with Crippen LogP contribution in [0.2, 0.25) is 5.02 Å². The molecule has 0 saturated carbocycles. The van der Waals surface area contributed by atoms with Crippen molar-refractivity contribution in [3.05, 3.63) is 70.7 Å². The fourth-order valence-electron chi connectivity index (χ4n) is 4.24. The predicted molar refractivity (Wildman–Crippen MR) is 130 cm³/mol. The minimum absolute atomic E-state index is 0.135. The summed E-state index contributed by atoms with van der Waals surface area (Å²) in [5.74, 6) is 0.550. The quantitative estimate of drug-likeness (QED) is 0.223. The summed E-state index contributed by atoms with van der Waals surface area (Å²) in [5.41, 5.74) is 3.01. The molecule has 1 fully saturated rings. The fraction of sp³-hybridized carbons (Fsp3) is 0.360. The van der Waals surface area contributed by atoms with Gasteiger partial charge in [0.25, 0.3) is 0 Å². The summed E-state index contributed by atoms with van der Waals surface area (Å²) in [5, 5.41) is 19.1. The Kier molecular flexibility index (Phi) is 7.59. The lowest BCUT2D eigenvalue weighted by atomic mass is 10.0. The van der Waals surface area contributed by atoms with Gasteiger partial charge in [-0.05, 0) is 43.4 Å². The predicted octanol–water partition coefficient (Wildman–Crippen LogP) is 3.80. The number of hydrazone groups is 1. The molecule has 7 nitrogen and oxygen atoms in total. The number of carbonyl (C=O) groups excluding carboxylic acids is 1. The van der Waals surface area contributed by atoms with Crippen LogP contribution in [0.25, 0.3) is 0 Å². The number of hydrogen-bond donors (Lipinski definition) is 1. The summed E-state index contributed by atoms with van der Waals surface area (Å²) in [6, 6.07) is 17.6. The molecular formula is C25H27ClN6O. The number of halogens is 1. The Bertz CT molecular complexity index is 1060. The second-order valence-electron chi connectivity index (χ2n) is 8.17. The Labute approximate surface area is 199 Å². The van der Waals surface area contributed by atoms with Crippen molar-refractivity contribution >= 4 is 29.2 Å². The van der Waals surface area contributed by atoms with Crippen molar-refractivity contribution < 1.29 is 4.79 Å². The lowest BCUT2D eigenvalue weighted by Crippen LogP contribution is -2.45. The molecule has 4 rings (SSSR count). The number of aryl methyl sites for hydroxylation is 1. The molecule has 0 bridgehead atoms. The zero-order valence-corrected chi connectivity index (χ0v) is 19.2. The van der Waals surface area contributed by atoms with Crippen molar-refractivity contribution in [1.82, 2.24) is 15.2 Å². The van der Waals surface area contributed by atoms with Crippen molar-refractivity contribution in [2.45, 2.75) is 38.1 Å². The van der Waals surface area contributed by atoms with Gasteiger partial charge in [-0.25, -0.2) is 5.01 Å². The van der Waals surface area contributed by atoms with E-state index in [1.54, 1.807) is 5.01 Å². The van der Waals surface area contributed by atoms with E-state index in [1.165, 1.54) is 5.56 Å². The first-order valence-electron chi connectivity index (χ1n) is 11.3. The lowest BCUT2D eigenvalue weighted by molar-refractivity contribution is -0.128. The molecule has 1 N–H and O–H groups in total. The first-order chi connectivity index (χ1) is 16.2. The topological polar surface area (TPSA) is 84.1 Å². The van der Waals surface area contributed by atoms with Gasteiger partial charge in [0, 0.05) is 30.1 Å². The highest BCUT2D eigenvalue weighted by Gasteiger charge is 2.38. The van der Waals surface area contributed by atoms with E-state index < -0.39 is 0 Å². The van der Waals surface area contributed by atoms with Gasteiger partial charge in [-0.1, -0.05) is 54.1 Å². The Morgan fingerprint density at radius 2 is 1.97 bits per heavy atom. The van der Waals surface area contributed by atoms with Crippen LogP contribution in [0.4, 0.5) is 0 Å². The van der Waals surface area contributed by atoms with E-state index in [9.17, 15) is 10.1 Å². The molecule has 2 aliphatic heterocycles. The molecular weight excluding hydrogens is 436 g/mol. The van der Waals surface area contributed by atoms with Crippen LogP contribution in [0.5, 0.6) is 0 Å². The van der Waals surface area contributed by atoms with Crippen LogP contribution in [-0.2, 0) is 11.2 Å². The Morgan fingerprint density at radius 3 is 2.67 bits per heavy atom. The number of likely N-dealkylation sites (tertiary alicyclic amines) is 1. The van der Waals surface area contributed by atoms with Gasteiger partial charge >= 0.3 is 0 Å². The number of amides is 1. The summed E-state index contributed by atoms with van der Waals surface area (Å²) in [6.07, 6.45) is 6.30. The summed E-state index contributed by atoms with van der Waals surface area (Å²) >= 11 is 6.07.